The zero-order chi connectivity index (χ0) is 23.2. The minimum absolute atomic E-state index is 0.0927. The third-order valence-corrected chi connectivity index (χ3v) is 6.76. The largest absolute Gasteiger partial charge is 0.453 e. The fourth-order valence-electron chi connectivity index (χ4n) is 4.95. The Hall–Kier alpha value is -3.71. The number of benzene rings is 1. The van der Waals surface area contributed by atoms with Crippen LogP contribution in [0.3, 0.4) is 0 Å². The molecule has 2 aromatic rings. The minimum atomic E-state index is -0.623. The summed E-state index contributed by atoms with van der Waals surface area (Å²) in [5, 5.41) is 15.5. The summed E-state index contributed by atoms with van der Waals surface area (Å²) >= 11 is 0. The molecule has 1 unspecified atom stereocenters. The van der Waals surface area contributed by atoms with Crippen molar-refractivity contribution in [2.45, 2.75) is 11.5 Å². The second kappa shape index (κ2) is 8.01. The van der Waals surface area contributed by atoms with Crippen molar-refractivity contribution in [3.8, 4) is 17.2 Å². The Kier molecular flexibility index (Phi) is 5.13. The van der Waals surface area contributed by atoms with Crippen LogP contribution in [0, 0.1) is 29.0 Å². The van der Waals surface area contributed by atoms with Gasteiger partial charge in [0.2, 0.25) is 0 Å². The number of hydrogen-bond acceptors (Lipinski definition) is 7. The van der Waals surface area contributed by atoms with Crippen molar-refractivity contribution in [3.63, 3.8) is 0 Å². The van der Waals surface area contributed by atoms with E-state index in [9.17, 15) is 19.2 Å². The monoisotopic (exact) mass is 451 g/mol. The average Bonchev–Trinajstić information content (AvgIpc) is 3.13. The van der Waals surface area contributed by atoms with Crippen LogP contribution in [0.15, 0.2) is 36.5 Å². The number of pyridine rings is 1. The molecule has 2 amide bonds. The predicted molar refractivity (Wildman–Crippen MR) is 115 cm³/mol. The number of halogens is 1. The Balaban J connectivity index is 1.30. The molecule has 9 nitrogen and oxygen atoms in total. The lowest BCUT2D eigenvalue weighted by Gasteiger charge is -2.15. The number of piperidine rings is 1. The first kappa shape index (κ1) is 21.2. The van der Waals surface area contributed by atoms with Gasteiger partial charge in [0.25, 0.3) is 0 Å². The minimum Gasteiger partial charge on any atom is -0.453 e. The maximum absolute atomic E-state index is 15.0. The SMILES string of the molecule is COC(=O)NC[C@H]1CN(c2ccc(-c3ccc(C4(C#N)[C@@H]5CNC[C@@H]54)nc3)c(F)c2)C(=O)O1. The van der Waals surface area contributed by atoms with E-state index in [1.165, 1.54) is 18.1 Å². The zero-order valence-electron chi connectivity index (χ0n) is 17.9. The van der Waals surface area contributed by atoms with Gasteiger partial charge >= 0.3 is 12.2 Å². The lowest BCUT2D eigenvalue weighted by molar-refractivity contribution is 0.132. The van der Waals surface area contributed by atoms with Crippen LogP contribution in [0.5, 0.6) is 0 Å². The molecule has 1 saturated carbocycles. The molecule has 2 saturated heterocycles. The molecule has 1 aromatic carbocycles. The molecule has 1 aromatic heterocycles. The molecular weight excluding hydrogens is 429 g/mol. The number of fused-ring (bicyclic) bond motifs is 1. The number of carbonyl (C=O) groups is 2. The summed E-state index contributed by atoms with van der Waals surface area (Å²) in [5.41, 5.74) is 1.48. The lowest BCUT2D eigenvalue weighted by Crippen LogP contribution is -2.34. The van der Waals surface area contributed by atoms with Crippen LogP contribution in [0.2, 0.25) is 0 Å². The van der Waals surface area contributed by atoms with Crippen LogP contribution in [0.4, 0.5) is 19.7 Å². The number of ether oxygens (including phenoxy) is 2. The summed E-state index contributed by atoms with van der Waals surface area (Å²) in [6.07, 6.45) is -0.217. The summed E-state index contributed by atoms with van der Waals surface area (Å²) in [5.74, 6) is 0.0564. The molecule has 3 fully saturated rings. The highest BCUT2D eigenvalue weighted by Gasteiger charge is 2.69. The number of hydrogen-bond donors (Lipinski definition) is 2. The molecule has 5 rings (SSSR count). The summed E-state index contributed by atoms with van der Waals surface area (Å²) < 4.78 is 24.7. The molecule has 3 aliphatic rings. The number of rotatable bonds is 5. The molecule has 3 heterocycles. The number of amides is 2. The normalized spacial score (nSPS) is 27.5. The first-order valence-electron chi connectivity index (χ1n) is 10.7. The van der Waals surface area contributed by atoms with Crippen molar-refractivity contribution in [1.82, 2.24) is 15.6 Å². The van der Waals surface area contributed by atoms with Crippen molar-refractivity contribution in [3.05, 3.63) is 48.0 Å². The Morgan fingerprint density at radius 2 is 2.18 bits per heavy atom. The van der Waals surface area contributed by atoms with E-state index in [1.54, 1.807) is 30.5 Å². The first-order valence-corrected chi connectivity index (χ1v) is 10.7. The van der Waals surface area contributed by atoms with E-state index in [2.05, 4.69) is 26.4 Å². The fourth-order valence-corrected chi connectivity index (χ4v) is 4.95. The predicted octanol–water partition coefficient (Wildman–Crippen LogP) is 2.18. The van der Waals surface area contributed by atoms with Crippen molar-refractivity contribution >= 4 is 17.9 Å². The van der Waals surface area contributed by atoms with E-state index in [-0.39, 0.29) is 24.9 Å². The van der Waals surface area contributed by atoms with Gasteiger partial charge in [-0.1, -0.05) is 6.07 Å². The Labute approximate surface area is 189 Å². The van der Waals surface area contributed by atoms with Crippen LogP contribution in [0.1, 0.15) is 5.69 Å². The average molecular weight is 451 g/mol. The summed E-state index contributed by atoms with van der Waals surface area (Å²) in [6.45, 7) is 1.90. The smallest absolute Gasteiger partial charge is 0.414 e. The Bertz CT molecular complexity index is 1140. The third kappa shape index (κ3) is 3.45. The lowest BCUT2D eigenvalue weighted by atomic mass is 9.96. The van der Waals surface area contributed by atoms with Gasteiger partial charge in [0.1, 0.15) is 17.3 Å². The van der Waals surface area contributed by atoms with Gasteiger partial charge in [0.15, 0.2) is 0 Å². The second-order valence-electron chi connectivity index (χ2n) is 8.44. The Morgan fingerprint density at radius 3 is 2.82 bits per heavy atom. The van der Waals surface area contributed by atoms with Gasteiger partial charge < -0.3 is 20.1 Å². The maximum atomic E-state index is 15.0. The van der Waals surface area contributed by atoms with Crippen molar-refractivity contribution in [2.24, 2.45) is 11.8 Å². The van der Waals surface area contributed by atoms with Crippen molar-refractivity contribution < 1.29 is 23.5 Å². The van der Waals surface area contributed by atoms with Gasteiger partial charge in [-0.3, -0.25) is 9.88 Å². The number of carbonyl (C=O) groups excluding carboxylic acids is 2. The van der Waals surface area contributed by atoms with E-state index in [4.69, 9.17) is 4.74 Å². The highest BCUT2D eigenvalue weighted by molar-refractivity contribution is 5.90. The summed E-state index contributed by atoms with van der Waals surface area (Å²) in [4.78, 5) is 29.2. The second-order valence-corrected chi connectivity index (χ2v) is 8.44. The van der Waals surface area contributed by atoms with E-state index >= 15 is 0 Å². The summed E-state index contributed by atoms with van der Waals surface area (Å²) in [6, 6.07) is 10.5. The highest BCUT2D eigenvalue weighted by Crippen LogP contribution is 2.60. The molecule has 2 aliphatic heterocycles. The van der Waals surface area contributed by atoms with Gasteiger partial charge in [0, 0.05) is 42.2 Å². The number of nitrogens with zero attached hydrogens (tertiary/aromatic N) is 3. The first-order chi connectivity index (χ1) is 16.0. The van der Waals surface area contributed by atoms with E-state index < -0.39 is 29.5 Å². The number of methoxy groups -OCH3 is 1. The van der Waals surface area contributed by atoms with Crippen LogP contribution in [-0.4, -0.2) is 56.6 Å². The zero-order valence-corrected chi connectivity index (χ0v) is 17.9. The number of nitriles is 1. The topological polar surface area (TPSA) is 117 Å². The molecule has 170 valence electrons. The van der Waals surface area contributed by atoms with Gasteiger partial charge in [-0.2, -0.15) is 5.26 Å². The molecule has 0 radical (unpaired) electrons. The van der Waals surface area contributed by atoms with E-state index in [0.29, 0.717) is 16.8 Å². The highest BCUT2D eigenvalue weighted by atomic mass is 19.1. The molecule has 0 spiro atoms. The maximum Gasteiger partial charge on any atom is 0.414 e. The molecule has 4 atom stereocenters. The molecule has 2 N–H and O–H groups in total. The standard InChI is InChI=1S/C23H22FN5O4/c1-32-21(30)28-8-15-11-29(22(31)33-15)14-3-4-16(19(24)6-14)13-2-5-20(27-7-13)23(12-25)17-9-26-10-18(17)23/h2-7,15,17-18,26H,8-11H2,1H3,(H,28,30)/t15-,17-,18+,23?/m0/s1. The van der Waals surface area contributed by atoms with Gasteiger partial charge in [-0.25, -0.2) is 14.0 Å². The molecule has 33 heavy (non-hydrogen) atoms. The molecule has 10 heteroatoms. The van der Waals surface area contributed by atoms with Gasteiger partial charge in [-0.05, 0) is 24.3 Å². The van der Waals surface area contributed by atoms with Crippen LogP contribution < -0.4 is 15.5 Å². The van der Waals surface area contributed by atoms with Crippen molar-refractivity contribution in [2.75, 3.05) is 38.2 Å². The molecule has 1 aliphatic carbocycles. The molecular formula is C23H22FN5O4. The van der Waals surface area contributed by atoms with Crippen LogP contribution in [-0.2, 0) is 14.9 Å². The number of nitrogens with one attached hydrogen (secondary N) is 2. The number of alkyl carbamates (subject to hydrolysis) is 1. The van der Waals surface area contributed by atoms with Gasteiger partial charge in [0.05, 0.1) is 37.6 Å². The Morgan fingerprint density at radius 1 is 1.39 bits per heavy atom. The van der Waals surface area contributed by atoms with Gasteiger partial charge in [-0.15, -0.1) is 0 Å². The molecule has 0 bridgehead atoms. The number of aromatic nitrogens is 1. The quantitative estimate of drug-likeness (QED) is 0.716. The van der Waals surface area contributed by atoms with Crippen molar-refractivity contribution in [1.29, 1.82) is 5.26 Å². The van der Waals surface area contributed by atoms with E-state index in [1.807, 2.05) is 0 Å². The fraction of sp³-hybridized carbons (Fsp3) is 0.391. The third-order valence-electron chi connectivity index (χ3n) is 6.76. The van der Waals surface area contributed by atoms with E-state index in [0.717, 1.165) is 18.8 Å². The number of anilines is 1. The number of cyclic esters (lactones) is 1. The van der Waals surface area contributed by atoms with Crippen LogP contribution >= 0.6 is 0 Å². The van der Waals surface area contributed by atoms with Crippen LogP contribution in [0.25, 0.3) is 11.1 Å². The summed E-state index contributed by atoms with van der Waals surface area (Å²) in [7, 11) is 1.24.